The van der Waals surface area contributed by atoms with E-state index in [2.05, 4.69) is 4.99 Å². The average molecular weight is 328 g/mol. The number of benzene rings is 1. The largest absolute Gasteiger partial charge is 0.496 e. The molecule has 22 heavy (non-hydrogen) atoms. The van der Waals surface area contributed by atoms with Gasteiger partial charge in [-0.15, -0.1) is 0 Å². The van der Waals surface area contributed by atoms with E-state index < -0.39 is 6.10 Å². The molecular formula is C15H22ClN3O3. The van der Waals surface area contributed by atoms with Gasteiger partial charge in [0.05, 0.1) is 26.4 Å². The van der Waals surface area contributed by atoms with E-state index in [1.54, 1.807) is 25.3 Å². The van der Waals surface area contributed by atoms with Crippen molar-refractivity contribution in [2.45, 2.75) is 19.1 Å². The second-order valence-electron chi connectivity index (χ2n) is 5.23. The third-order valence-corrected chi connectivity index (χ3v) is 3.78. The first-order valence-electron chi connectivity index (χ1n) is 7.19. The van der Waals surface area contributed by atoms with Crippen molar-refractivity contribution >= 4 is 17.6 Å². The molecule has 0 radical (unpaired) electrons. The van der Waals surface area contributed by atoms with E-state index in [0.29, 0.717) is 42.0 Å². The lowest BCUT2D eigenvalue weighted by Gasteiger charge is -2.32. The van der Waals surface area contributed by atoms with Crippen molar-refractivity contribution in [1.82, 2.24) is 4.90 Å². The molecule has 0 amide bonds. The number of rotatable bonds is 4. The molecular weight excluding hydrogens is 306 g/mol. The normalized spacial score (nSPS) is 20.8. The number of hydrogen-bond acceptors (Lipinski definition) is 4. The van der Waals surface area contributed by atoms with Gasteiger partial charge in [0.2, 0.25) is 0 Å². The van der Waals surface area contributed by atoms with Gasteiger partial charge in [0.1, 0.15) is 11.9 Å². The van der Waals surface area contributed by atoms with E-state index in [-0.39, 0.29) is 12.6 Å². The van der Waals surface area contributed by atoms with E-state index in [1.165, 1.54) is 0 Å². The summed E-state index contributed by atoms with van der Waals surface area (Å²) in [6, 6.07) is 5.11. The summed E-state index contributed by atoms with van der Waals surface area (Å²) in [7, 11) is 1.55. The molecule has 0 bridgehead atoms. The number of aliphatic hydroxyl groups excluding tert-OH is 1. The summed E-state index contributed by atoms with van der Waals surface area (Å²) in [5.41, 5.74) is 6.59. The van der Waals surface area contributed by atoms with Crippen LogP contribution in [0, 0.1) is 0 Å². The van der Waals surface area contributed by atoms with Gasteiger partial charge in [-0.25, -0.2) is 0 Å². The standard InChI is InChI=1S/C15H22ClN3O3/c1-10-9-19(5-6-22-10)15(17)18-8-13(20)12-7-11(16)3-4-14(12)21-2/h3-4,7,10,13,20H,5-6,8-9H2,1-2H3,(H2,17,18). The van der Waals surface area contributed by atoms with Crippen molar-refractivity contribution in [2.75, 3.05) is 33.4 Å². The van der Waals surface area contributed by atoms with Crippen LogP contribution in [-0.4, -0.2) is 55.4 Å². The van der Waals surface area contributed by atoms with Crippen LogP contribution >= 0.6 is 11.6 Å². The maximum Gasteiger partial charge on any atom is 0.191 e. The molecule has 2 rings (SSSR count). The van der Waals surface area contributed by atoms with Gasteiger partial charge in [-0.2, -0.15) is 0 Å². The van der Waals surface area contributed by atoms with Crippen LogP contribution in [0.3, 0.4) is 0 Å². The van der Waals surface area contributed by atoms with Gasteiger partial charge in [-0.1, -0.05) is 11.6 Å². The van der Waals surface area contributed by atoms with Gasteiger partial charge in [0.15, 0.2) is 5.96 Å². The zero-order valence-electron chi connectivity index (χ0n) is 12.8. The topological polar surface area (TPSA) is 80.3 Å². The van der Waals surface area contributed by atoms with Crippen LogP contribution < -0.4 is 10.5 Å². The molecule has 0 aromatic heterocycles. The first-order valence-corrected chi connectivity index (χ1v) is 7.57. The van der Waals surface area contributed by atoms with Crippen LogP contribution in [0.25, 0.3) is 0 Å². The molecule has 1 aromatic carbocycles. The van der Waals surface area contributed by atoms with Crippen LogP contribution in [-0.2, 0) is 4.74 Å². The molecule has 1 aromatic rings. The smallest absolute Gasteiger partial charge is 0.191 e. The summed E-state index contributed by atoms with van der Waals surface area (Å²) in [6.45, 7) is 4.17. The lowest BCUT2D eigenvalue weighted by atomic mass is 10.1. The van der Waals surface area contributed by atoms with Gasteiger partial charge < -0.3 is 25.2 Å². The maximum absolute atomic E-state index is 10.3. The highest BCUT2D eigenvalue weighted by Gasteiger charge is 2.19. The summed E-state index contributed by atoms with van der Waals surface area (Å²) >= 11 is 5.97. The van der Waals surface area contributed by atoms with Crippen LogP contribution in [0.15, 0.2) is 23.2 Å². The number of morpholine rings is 1. The van der Waals surface area contributed by atoms with Crippen molar-refractivity contribution in [1.29, 1.82) is 0 Å². The Morgan fingerprint density at radius 2 is 2.41 bits per heavy atom. The van der Waals surface area contributed by atoms with E-state index in [1.807, 2.05) is 11.8 Å². The zero-order chi connectivity index (χ0) is 16.1. The Kier molecular flexibility index (Phi) is 5.88. The average Bonchev–Trinajstić information content (AvgIpc) is 2.52. The second-order valence-corrected chi connectivity index (χ2v) is 5.66. The monoisotopic (exact) mass is 327 g/mol. The Morgan fingerprint density at radius 1 is 1.64 bits per heavy atom. The maximum atomic E-state index is 10.3. The Balaban J connectivity index is 2.03. The van der Waals surface area contributed by atoms with Crippen molar-refractivity contribution in [2.24, 2.45) is 10.7 Å². The molecule has 0 saturated carbocycles. The first kappa shape index (κ1) is 16.9. The number of methoxy groups -OCH3 is 1. The van der Waals surface area contributed by atoms with Crippen LogP contribution in [0.5, 0.6) is 5.75 Å². The molecule has 2 atom stereocenters. The number of nitrogens with zero attached hydrogens (tertiary/aromatic N) is 2. The van der Waals surface area contributed by atoms with Gasteiger partial charge in [0, 0.05) is 23.7 Å². The molecule has 1 fully saturated rings. The molecule has 122 valence electrons. The lowest BCUT2D eigenvalue weighted by Crippen LogP contribution is -2.48. The highest BCUT2D eigenvalue weighted by Crippen LogP contribution is 2.28. The molecule has 1 saturated heterocycles. The van der Waals surface area contributed by atoms with E-state index in [4.69, 9.17) is 26.8 Å². The lowest BCUT2D eigenvalue weighted by molar-refractivity contribution is 0.00522. The highest BCUT2D eigenvalue weighted by molar-refractivity contribution is 6.30. The fourth-order valence-corrected chi connectivity index (χ4v) is 2.55. The quantitative estimate of drug-likeness (QED) is 0.645. The number of halogens is 1. The molecule has 2 unspecified atom stereocenters. The Labute approximate surface area is 135 Å². The summed E-state index contributed by atoms with van der Waals surface area (Å²) in [4.78, 5) is 6.23. The third kappa shape index (κ3) is 4.25. The van der Waals surface area contributed by atoms with E-state index in [9.17, 15) is 5.11 Å². The SMILES string of the molecule is COc1ccc(Cl)cc1C(O)CN=C(N)N1CCOC(C)C1. The minimum Gasteiger partial charge on any atom is -0.496 e. The van der Waals surface area contributed by atoms with Gasteiger partial charge in [0.25, 0.3) is 0 Å². The third-order valence-electron chi connectivity index (χ3n) is 3.54. The Morgan fingerprint density at radius 3 is 3.09 bits per heavy atom. The summed E-state index contributed by atoms with van der Waals surface area (Å²) < 4.78 is 10.7. The summed E-state index contributed by atoms with van der Waals surface area (Å²) in [5, 5.41) is 10.8. The number of aliphatic imine (C=N–C) groups is 1. The van der Waals surface area contributed by atoms with Gasteiger partial charge in [-0.3, -0.25) is 4.99 Å². The van der Waals surface area contributed by atoms with Gasteiger partial charge >= 0.3 is 0 Å². The molecule has 0 aliphatic carbocycles. The number of hydrogen-bond donors (Lipinski definition) is 2. The molecule has 1 heterocycles. The first-order chi connectivity index (χ1) is 10.5. The fourth-order valence-electron chi connectivity index (χ4n) is 2.37. The second kappa shape index (κ2) is 7.67. The fraction of sp³-hybridized carbons (Fsp3) is 0.533. The molecule has 3 N–H and O–H groups in total. The Hall–Kier alpha value is -1.50. The van der Waals surface area contributed by atoms with Crippen molar-refractivity contribution in [3.8, 4) is 5.75 Å². The predicted molar refractivity (Wildman–Crippen MR) is 86.4 cm³/mol. The molecule has 6 nitrogen and oxygen atoms in total. The zero-order valence-corrected chi connectivity index (χ0v) is 13.6. The van der Waals surface area contributed by atoms with Crippen LogP contribution in [0.2, 0.25) is 5.02 Å². The van der Waals surface area contributed by atoms with Crippen molar-refractivity contribution in [3.05, 3.63) is 28.8 Å². The minimum absolute atomic E-state index is 0.125. The number of guanidine groups is 1. The molecule has 1 aliphatic heterocycles. The van der Waals surface area contributed by atoms with Crippen LogP contribution in [0.1, 0.15) is 18.6 Å². The highest BCUT2D eigenvalue weighted by atomic mass is 35.5. The van der Waals surface area contributed by atoms with Crippen LogP contribution in [0.4, 0.5) is 0 Å². The van der Waals surface area contributed by atoms with Crippen molar-refractivity contribution in [3.63, 3.8) is 0 Å². The molecule has 7 heteroatoms. The molecule has 0 spiro atoms. The number of nitrogens with two attached hydrogens (primary N) is 1. The van der Waals surface area contributed by atoms with E-state index in [0.717, 1.165) is 0 Å². The Bertz CT molecular complexity index is 539. The molecule has 1 aliphatic rings. The summed E-state index contributed by atoms with van der Waals surface area (Å²) in [6.07, 6.45) is -0.703. The van der Waals surface area contributed by atoms with Crippen molar-refractivity contribution < 1.29 is 14.6 Å². The predicted octanol–water partition coefficient (Wildman–Crippen LogP) is 1.42. The number of ether oxygens (including phenoxy) is 2. The number of aliphatic hydroxyl groups is 1. The van der Waals surface area contributed by atoms with Gasteiger partial charge in [-0.05, 0) is 25.1 Å². The minimum atomic E-state index is -0.828. The summed E-state index contributed by atoms with van der Waals surface area (Å²) in [5.74, 6) is 0.987. The van der Waals surface area contributed by atoms with E-state index >= 15 is 0 Å².